The number of rotatable bonds is 1. The fourth-order valence-electron chi connectivity index (χ4n) is 0.985. The molecule has 2 aromatic rings. The number of sulfone groups is 1. The van der Waals surface area contributed by atoms with Crippen molar-refractivity contribution in [3.63, 3.8) is 0 Å². The number of nitrogens with zero attached hydrogens (tertiary/aromatic N) is 4. The fourth-order valence-corrected chi connectivity index (χ4v) is 1.43. The maximum Gasteiger partial charge on any atom is 0.267 e. The van der Waals surface area contributed by atoms with E-state index in [9.17, 15) is 8.42 Å². The minimum absolute atomic E-state index is 0.283. The Hall–Kier alpha value is -1.57. The lowest BCUT2D eigenvalue weighted by Gasteiger charge is -1.93. The Bertz CT molecular complexity index is 587. The van der Waals surface area contributed by atoms with E-state index in [0.717, 1.165) is 6.26 Å². The summed E-state index contributed by atoms with van der Waals surface area (Å²) in [7, 11) is -3.42. The number of hydrogen-bond acceptors (Lipinski definition) is 6. The van der Waals surface area contributed by atoms with Crippen molar-refractivity contribution in [2.45, 2.75) is 12.1 Å². The Labute approximate surface area is 79.5 Å². The Morgan fingerprint density at radius 1 is 1.29 bits per heavy atom. The molecule has 8 heteroatoms. The number of aromatic nitrogens is 5. The maximum atomic E-state index is 11.1. The molecule has 2 rings (SSSR count). The van der Waals surface area contributed by atoms with Crippen molar-refractivity contribution in [1.82, 2.24) is 25.4 Å². The van der Waals surface area contributed by atoms with Gasteiger partial charge in [-0.3, -0.25) is 5.10 Å². The van der Waals surface area contributed by atoms with E-state index in [-0.39, 0.29) is 5.16 Å². The molecule has 74 valence electrons. The lowest BCUT2D eigenvalue weighted by atomic mass is 10.4. The second-order valence-corrected chi connectivity index (χ2v) is 4.78. The smallest absolute Gasteiger partial charge is 0.258 e. The van der Waals surface area contributed by atoms with Gasteiger partial charge in [0, 0.05) is 6.26 Å². The van der Waals surface area contributed by atoms with Crippen LogP contribution in [0.4, 0.5) is 0 Å². The number of nitrogens with one attached hydrogen (secondary N) is 1. The molecular weight excluding hydrogens is 206 g/mol. The van der Waals surface area contributed by atoms with Crippen molar-refractivity contribution in [2.75, 3.05) is 6.26 Å². The van der Waals surface area contributed by atoms with Gasteiger partial charge in [-0.25, -0.2) is 13.4 Å². The van der Waals surface area contributed by atoms with Crippen LogP contribution in [0.5, 0.6) is 0 Å². The van der Waals surface area contributed by atoms with Crippen molar-refractivity contribution in [1.29, 1.82) is 0 Å². The molecule has 0 spiro atoms. The Kier molecular flexibility index (Phi) is 1.74. The molecule has 0 radical (unpaired) electrons. The van der Waals surface area contributed by atoms with Gasteiger partial charge in [0.2, 0.25) is 9.84 Å². The standard InChI is InChI=1S/C6H7N5O2S/c1-3-4-5(9-8-3)10-11-6(7-4)14(2,12)13/h1-2H3,(H,8,9,10). The van der Waals surface area contributed by atoms with Crippen molar-refractivity contribution in [3.05, 3.63) is 5.69 Å². The van der Waals surface area contributed by atoms with E-state index < -0.39 is 9.84 Å². The summed E-state index contributed by atoms with van der Waals surface area (Å²) in [6, 6.07) is 0. The van der Waals surface area contributed by atoms with Gasteiger partial charge in [0.25, 0.3) is 5.16 Å². The Morgan fingerprint density at radius 3 is 2.64 bits per heavy atom. The summed E-state index contributed by atoms with van der Waals surface area (Å²) in [6.07, 6.45) is 1.03. The second kappa shape index (κ2) is 2.71. The highest BCUT2D eigenvalue weighted by molar-refractivity contribution is 7.90. The molecule has 2 heterocycles. The molecule has 1 N–H and O–H groups in total. The van der Waals surface area contributed by atoms with E-state index >= 15 is 0 Å². The highest BCUT2D eigenvalue weighted by Crippen LogP contribution is 2.10. The van der Waals surface area contributed by atoms with Crippen LogP contribution in [0, 0.1) is 6.92 Å². The third-order valence-electron chi connectivity index (χ3n) is 1.67. The summed E-state index contributed by atoms with van der Waals surface area (Å²) < 4.78 is 22.2. The Balaban J connectivity index is 2.79. The topological polar surface area (TPSA) is 101 Å². The first kappa shape index (κ1) is 9.00. The van der Waals surface area contributed by atoms with Gasteiger partial charge in [0.1, 0.15) is 5.52 Å². The Morgan fingerprint density at radius 2 is 2.00 bits per heavy atom. The molecule has 0 saturated heterocycles. The summed E-state index contributed by atoms with van der Waals surface area (Å²) in [6.45, 7) is 1.71. The van der Waals surface area contributed by atoms with Crippen molar-refractivity contribution in [3.8, 4) is 0 Å². The van der Waals surface area contributed by atoms with Gasteiger partial charge in [-0.2, -0.15) is 5.10 Å². The molecule has 0 bridgehead atoms. The molecule has 0 aromatic carbocycles. The highest BCUT2D eigenvalue weighted by Gasteiger charge is 2.14. The zero-order valence-electron chi connectivity index (χ0n) is 7.51. The normalized spacial score (nSPS) is 12.1. The SMILES string of the molecule is Cc1n[nH]c2nnc(S(C)(=O)=O)nc12. The summed E-state index contributed by atoms with van der Waals surface area (Å²) in [5, 5.41) is 13.3. The van der Waals surface area contributed by atoms with Gasteiger partial charge in [0.05, 0.1) is 5.69 Å². The van der Waals surface area contributed by atoms with E-state index in [1.807, 2.05) is 0 Å². The molecule has 2 aromatic heterocycles. The molecule has 0 amide bonds. The third kappa shape index (κ3) is 1.33. The molecule has 0 unspecified atom stereocenters. The largest absolute Gasteiger partial charge is 0.267 e. The van der Waals surface area contributed by atoms with Gasteiger partial charge >= 0.3 is 0 Å². The van der Waals surface area contributed by atoms with E-state index in [1.165, 1.54) is 0 Å². The molecule has 0 atom stereocenters. The molecular formula is C6H7N5O2S. The van der Waals surface area contributed by atoms with Crippen LogP contribution in [0.2, 0.25) is 0 Å². The molecule has 7 nitrogen and oxygen atoms in total. The summed E-state index contributed by atoms with van der Waals surface area (Å²) in [5.41, 5.74) is 1.41. The number of fused-ring (bicyclic) bond motifs is 1. The monoisotopic (exact) mass is 213 g/mol. The zero-order valence-corrected chi connectivity index (χ0v) is 8.33. The fraction of sp³-hybridized carbons (Fsp3) is 0.333. The first-order valence-corrected chi connectivity index (χ1v) is 5.63. The number of aryl methyl sites for hydroxylation is 1. The summed E-state index contributed by atoms with van der Waals surface area (Å²) >= 11 is 0. The molecule has 0 fully saturated rings. The maximum absolute atomic E-state index is 11.1. The summed E-state index contributed by atoms with van der Waals surface area (Å²) in [4.78, 5) is 3.85. The third-order valence-corrected chi connectivity index (χ3v) is 2.51. The van der Waals surface area contributed by atoms with Crippen LogP contribution >= 0.6 is 0 Å². The quantitative estimate of drug-likeness (QED) is 0.682. The van der Waals surface area contributed by atoms with Crippen LogP contribution in [-0.4, -0.2) is 40.1 Å². The molecule has 0 saturated carbocycles. The lowest BCUT2D eigenvalue weighted by Crippen LogP contribution is -2.05. The van der Waals surface area contributed by atoms with Crippen LogP contribution in [0.15, 0.2) is 5.16 Å². The average molecular weight is 213 g/mol. The van der Waals surface area contributed by atoms with Crippen LogP contribution in [-0.2, 0) is 9.84 Å². The van der Waals surface area contributed by atoms with Gasteiger partial charge < -0.3 is 0 Å². The van der Waals surface area contributed by atoms with E-state index in [4.69, 9.17) is 0 Å². The van der Waals surface area contributed by atoms with Crippen LogP contribution in [0.1, 0.15) is 5.69 Å². The first-order valence-electron chi connectivity index (χ1n) is 3.74. The predicted octanol–water partition coefficient (Wildman–Crippen LogP) is -0.540. The number of aromatic amines is 1. The van der Waals surface area contributed by atoms with Crippen molar-refractivity contribution in [2.24, 2.45) is 0 Å². The van der Waals surface area contributed by atoms with Crippen LogP contribution in [0.25, 0.3) is 11.2 Å². The first-order chi connectivity index (χ1) is 6.48. The van der Waals surface area contributed by atoms with Crippen LogP contribution in [0.3, 0.4) is 0 Å². The van der Waals surface area contributed by atoms with Crippen molar-refractivity contribution >= 4 is 21.0 Å². The number of hydrogen-bond donors (Lipinski definition) is 1. The van der Waals surface area contributed by atoms with Gasteiger partial charge in [-0.15, -0.1) is 10.2 Å². The van der Waals surface area contributed by atoms with Gasteiger partial charge in [-0.05, 0) is 6.92 Å². The average Bonchev–Trinajstić information content (AvgIpc) is 2.46. The van der Waals surface area contributed by atoms with E-state index in [2.05, 4.69) is 25.4 Å². The van der Waals surface area contributed by atoms with Gasteiger partial charge in [-0.1, -0.05) is 0 Å². The van der Waals surface area contributed by atoms with Crippen LogP contribution < -0.4 is 0 Å². The molecule has 0 aliphatic carbocycles. The zero-order chi connectivity index (χ0) is 10.3. The molecule has 0 aliphatic heterocycles. The number of H-pyrrole nitrogens is 1. The van der Waals surface area contributed by atoms with E-state index in [1.54, 1.807) is 6.92 Å². The minimum atomic E-state index is -3.42. The summed E-state index contributed by atoms with van der Waals surface area (Å²) in [5.74, 6) is 0. The minimum Gasteiger partial charge on any atom is -0.258 e. The lowest BCUT2D eigenvalue weighted by molar-refractivity contribution is 0.590. The van der Waals surface area contributed by atoms with E-state index in [0.29, 0.717) is 16.9 Å². The predicted molar refractivity (Wildman–Crippen MR) is 47.3 cm³/mol. The van der Waals surface area contributed by atoms with Crippen molar-refractivity contribution < 1.29 is 8.42 Å². The second-order valence-electron chi connectivity index (χ2n) is 2.87. The molecule has 0 aliphatic rings. The highest BCUT2D eigenvalue weighted by atomic mass is 32.2. The molecule has 14 heavy (non-hydrogen) atoms. The van der Waals surface area contributed by atoms with Gasteiger partial charge in [0.15, 0.2) is 5.65 Å².